The molecule has 0 aliphatic rings. The molecule has 0 fully saturated rings. The van der Waals surface area contributed by atoms with E-state index in [0.29, 0.717) is 0 Å². The second-order valence-corrected chi connectivity index (χ2v) is 4.37. The molecule has 0 N–H and O–H groups in total. The molecule has 1 aromatic carbocycles. The Balaban J connectivity index is 2.83. The lowest BCUT2D eigenvalue weighted by atomic mass is 10.2. The van der Waals surface area contributed by atoms with E-state index in [1.54, 1.807) is 12.2 Å². The topological polar surface area (TPSA) is 72.7 Å². The molecular weight excluding hydrogens is 291 g/mol. The van der Waals surface area contributed by atoms with Crippen molar-refractivity contribution in [2.24, 2.45) is 0 Å². The van der Waals surface area contributed by atoms with Crippen LogP contribution in [0.5, 0.6) is 0 Å². The Kier molecular flexibility index (Phi) is 6.25. The summed E-state index contributed by atoms with van der Waals surface area (Å²) < 4.78 is 18.4. The number of hydrogen-bond donors (Lipinski definition) is 0. The van der Waals surface area contributed by atoms with Gasteiger partial charge in [0.05, 0.1) is 10.6 Å². The molecule has 0 heterocycles. The highest BCUT2D eigenvalue weighted by Gasteiger charge is 2.19. The van der Waals surface area contributed by atoms with E-state index in [2.05, 4.69) is 0 Å². The molecule has 0 saturated heterocycles. The summed E-state index contributed by atoms with van der Waals surface area (Å²) in [7, 11) is 1.39. The monoisotopic (exact) mass is 308 g/mol. The van der Waals surface area contributed by atoms with E-state index in [1.807, 2.05) is 19.9 Å². The number of carbonyl (C=O) groups excluding carboxylic acids is 1. The summed E-state index contributed by atoms with van der Waals surface area (Å²) in [6.45, 7) is 3.73. The molecule has 1 rings (SSSR count). The molecule has 0 aromatic heterocycles. The molecule has 6 nitrogen and oxygen atoms in total. The van der Waals surface area contributed by atoms with Crippen LogP contribution in [0.3, 0.4) is 0 Å². The Morgan fingerprint density at radius 2 is 2.14 bits per heavy atom. The number of ether oxygens (including phenoxy) is 1. The third-order valence-electron chi connectivity index (χ3n) is 2.90. The average Bonchev–Trinajstić information content (AvgIpc) is 2.50. The van der Waals surface area contributed by atoms with Crippen LogP contribution in [-0.2, 0) is 4.74 Å². The summed E-state index contributed by atoms with van der Waals surface area (Å²) in [5.41, 5.74) is 0.292. The zero-order valence-electron chi connectivity index (χ0n) is 12.6. The summed E-state index contributed by atoms with van der Waals surface area (Å²) >= 11 is 0. The fraction of sp³-hybridized carbons (Fsp3) is 0.267. The van der Waals surface area contributed by atoms with Crippen molar-refractivity contribution in [3.05, 3.63) is 57.9 Å². The fourth-order valence-corrected chi connectivity index (χ4v) is 1.64. The molecule has 0 radical (unpaired) electrons. The molecule has 0 aliphatic carbocycles. The third-order valence-corrected chi connectivity index (χ3v) is 2.90. The van der Waals surface area contributed by atoms with Gasteiger partial charge in [0.15, 0.2) is 0 Å². The zero-order chi connectivity index (χ0) is 16.7. The highest BCUT2D eigenvalue weighted by atomic mass is 19.1. The first-order chi connectivity index (χ1) is 10.4. The fourth-order valence-electron chi connectivity index (χ4n) is 1.64. The molecule has 0 atom stereocenters. The summed E-state index contributed by atoms with van der Waals surface area (Å²) in [5, 5.41) is 10.7. The van der Waals surface area contributed by atoms with E-state index in [0.717, 1.165) is 22.6 Å². The van der Waals surface area contributed by atoms with Crippen LogP contribution in [0.15, 0.2) is 42.0 Å². The zero-order valence-corrected chi connectivity index (χ0v) is 12.6. The van der Waals surface area contributed by atoms with Gasteiger partial charge in [0, 0.05) is 13.1 Å². The van der Waals surface area contributed by atoms with Gasteiger partial charge in [-0.1, -0.05) is 18.2 Å². The van der Waals surface area contributed by atoms with Gasteiger partial charge in [-0.2, -0.15) is 4.39 Å². The first-order valence-corrected chi connectivity index (χ1v) is 6.53. The van der Waals surface area contributed by atoms with Crippen molar-refractivity contribution >= 4 is 17.5 Å². The number of halogens is 1. The molecule has 0 bridgehead atoms. The van der Waals surface area contributed by atoms with Crippen molar-refractivity contribution in [1.29, 1.82) is 0 Å². The van der Waals surface area contributed by atoms with E-state index in [9.17, 15) is 19.3 Å². The second kappa shape index (κ2) is 7.92. The molecule has 0 saturated carbocycles. The van der Waals surface area contributed by atoms with E-state index >= 15 is 0 Å². The minimum Gasteiger partial charge on any atom is -0.444 e. The van der Waals surface area contributed by atoms with E-state index < -0.39 is 22.5 Å². The van der Waals surface area contributed by atoms with Gasteiger partial charge in [0.2, 0.25) is 5.82 Å². The Labute approximate surface area is 127 Å². The van der Waals surface area contributed by atoms with Gasteiger partial charge in [0.25, 0.3) is 0 Å². The molecule has 0 unspecified atom stereocenters. The van der Waals surface area contributed by atoms with Crippen molar-refractivity contribution in [3.63, 3.8) is 0 Å². The number of rotatable bonds is 5. The quantitative estimate of drug-likeness (QED) is 0.471. The predicted octanol–water partition coefficient (Wildman–Crippen LogP) is 3.83. The Morgan fingerprint density at radius 3 is 2.68 bits per heavy atom. The van der Waals surface area contributed by atoms with Crippen molar-refractivity contribution in [2.75, 3.05) is 18.6 Å². The maximum atomic E-state index is 13.3. The number of nitrogens with zero attached hydrogens (tertiary/aromatic N) is 2. The molecule has 1 aromatic rings. The SMILES string of the molecule is C/C=C\C(=C/C)COC(=O)N(C)c1ccc(F)c([N+](=O)[O-])c1. The van der Waals surface area contributed by atoms with E-state index in [4.69, 9.17) is 4.74 Å². The Morgan fingerprint density at radius 1 is 1.45 bits per heavy atom. The predicted molar refractivity (Wildman–Crippen MR) is 81.4 cm³/mol. The maximum absolute atomic E-state index is 13.3. The smallest absolute Gasteiger partial charge is 0.414 e. The van der Waals surface area contributed by atoms with Crippen molar-refractivity contribution in [2.45, 2.75) is 13.8 Å². The summed E-state index contributed by atoms with van der Waals surface area (Å²) in [4.78, 5) is 22.9. The number of hydrogen-bond acceptors (Lipinski definition) is 4. The van der Waals surface area contributed by atoms with Crippen LogP contribution in [0.2, 0.25) is 0 Å². The number of benzene rings is 1. The minimum atomic E-state index is -0.959. The molecule has 7 heteroatoms. The second-order valence-electron chi connectivity index (χ2n) is 4.37. The molecule has 1 amide bonds. The van der Waals surface area contributed by atoms with Crippen LogP contribution in [-0.4, -0.2) is 24.7 Å². The lowest BCUT2D eigenvalue weighted by Gasteiger charge is -2.17. The van der Waals surface area contributed by atoms with Crippen LogP contribution in [0.25, 0.3) is 0 Å². The van der Waals surface area contributed by atoms with Crippen LogP contribution in [0.4, 0.5) is 20.6 Å². The number of nitro groups is 1. The highest BCUT2D eigenvalue weighted by Crippen LogP contribution is 2.24. The number of amides is 1. The van der Waals surface area contributed by atoms with Crippen LogP contribution in [0.1, 0.15) is 13.8 Å². The molecule has 118 valence electrons. The van der Waals surface area contributed by atoms with Crippen molar-refractivity contribution in [3.8, 4) is 0 Å². The van der Waals surface area contributed by atoms with Gasteiger partial charge in [0.1, 0.15) is 6.61 Å². The number of allylic oxidation sites excluding steroid dienone is 2. The summed E-state index contributed by atoms with van der Waals surface area (Å²) in [5.74, 6) is -0.959. The Hall–Kier alpha value is -2.70. The first-order valence-electron chi connectivity index (χ1n) is 6.53. The summed E-state index contributed by atoms with van der Waals surface area (Å²) in [6.07, 6.45) is 4.73. The van der Waals surface area contributed by atoms with Crippen molar-refractivity contribution < 1.29 is 18.8 Å². The van der Waals surface area contributed by atoms with Gasteiger partial charge >= 0.3 is 11.8 Å². The van der Waals surface area contributed by atoms with Gasteiger partial charge in [-0.25, -0.2) is 4.79 Å². The van der Waals surface area contributed by atoms with Crippen LogP contribution in [0, 0.1) is 15.9 Å². The van der Waals surface area contributed by atoms with Crippen molar-refractivity contribution in [1.82, 2.24) is 0 Å². The molecule has 0 aliphatic heterocycles. The standard InChI is InChI=1S/C15H17FN2O4/c1-4-6-11(5-2)10-22-15(19)17(3)12-7-8-13(16)14(9-12)18(20)21/h4-9H,10H2,1-3H3/b6-4-,11-5+. The first kappa shape index (κ1) is 17.4. The lowest BCUT2D eigenvalue weighted by Crippen LogP contribution is -2.27. The van der Waals surface area contributed by atoms with Gasteiger partial charge in [-0.3, -0.25) is 15.0 Å². The van der Waals surface area contributed by atoms with Gasteiger partial charge in [-0.15, -0.1) is 0 Å². The highest BCUT2D eigenvalue weighted by molar-refractivity contribution is 5.87. The van der Waals surface area contributed by atoms with Gasteiger partial charge < -0.3 is 4.74 Å². The third kappa shape index (κ3) is 4.41. The lowest BCUT2D eigenvalue weighted by molar-refractivity contribution is -0.387. The number of carbonyl (C=O) groups is 1. The Bertz CT molecular complexity index is 626. The molecule has 22 heavy (non-hydrogen) atoms. The summed E-state index contributed by atoms with van der Waals surface area (Å²) in [6, 6.07) is 3.19. The number of nitro benzene ring substituents is 1. The minimum absolute atomic E-state index is 0.0767. The molecular formula is C15H17FN2O4. The number of anilines is 1. The van der Waals surface area contributed by atoms with Crippen LogP contribution < -0.4 is 4.90 Å². The van der Waals surface area contributed by atoms with Crippen LogP contribution >= 0.6 is 0 Å². The van der Waals surface area contributed by atoms with E-state index in [-0.39, 0.29) is 12.3 Å². The average molecular weight is 308 g/mol. The normalized spacial score (nSPS) is 11.5. The largest absolute Gasteiger partial charge is 0.444 e. The van der Waals surface area contributed by atoms with E-state index in [1.165, 1.54) is 13.1 Å². The maximum Gasteiger partial charge on any atom is 0.414 e. The van der Waals surface area contributed by atoms with Gasteiger partial charge in [-0.05, 0) is 31.6 Å². The molecule has 0 spiro atoms.